The predicted octanol–water partition coefficient (Wildman–Crippen LogP) is 1.16. The maximum absolute atomic E-state index is 13.4. The Labute approximate surface area is 96.1 Å². The lowest BCUT2D eigenvalue weighted by molar-refractivity contribution is 0.449. The van der Waals surface area contributed by atoms with Gasteiger partial charge in [-0.05, 0) is 6.07 Å². The second-order valence-corrected chi connectivity index (χ2v) is 3.28. The predicted molar refractivity (Wildman–Crippen MR) is 59.2 cm³/mol. The molecule has 0 aliphatic carbocycles. The molecule has 17 heavy (non-hydrogen) atoms. The van der Waals surface area contributed by atoms with Crippen LogP contribution >= 0.6 is 0 Å². The minimum Gasteiger partial charge on any atom is -0.435 e. The van der Waals surface area contributed by atoms with Crippen LogP contribution in [0.2, 0.25) is 0 Å². The number of aromatic amines is 1. The van der Waals surface area contributed by atoms with Gasteiger partial charge in [-0.1, -0.05) is 6.07 Å². The minimum atomic E-state index is -0.476. The topological polar surface area (TPSA) is 81.0 Å². The first-order valence-electron chi connectivity index (χ1n) is 4.91. The van der Waals surface area contributed by atoms with Crippen LogP contribution < -0.4 is 16.0 Å². The summed E-state index contributed by atoms with van der Waals surface area (Å²) in [7, 11) is 0. The summed E-state index contributed by atoms with van der Waals surface area (Å²) in [5.74, 6) is -0.409. The molecule has 1 aromatic heterocycles. The quantitative estimate of drug-likeness (QED) is 0.836. The molecular formula is C11H10FN3O2. The van der Waals surface area contributed by atoms with Crippen molar-refractivity contribution in [1.29, 1.82) is 0 Å². The molecule has 6 heteroatoms. The highest BCUT2D eigenvalue weighted by molar-refractivity contribution is 5.31. The highest BCUT2D eigenvalue weighted by Gasteiger charge is 2.06. The second kappa shape index (κ2) is 4.75. The van der Waals surface area contributed by atoms with Crippen LogP contribution in [0.4, 0.5) is 4.39 Å². The number of benzene rings is 1. The maximum Gasteiger partial charge on any atom is 0.311 e. The number of nitrogens with one attached hydrogen (secondary N) is 1. The first kappa shape index (κ1) is 11.3. The maximum atomic E-state index is 13.4. The molecule has 0 unspecified atom stereocenters. The Morgan fingerprint density at radius 1 is 1.47 bits per heavy atom. The molecule has 0 saturated heterocycles. The van der Waals surface area contributed by atoms with Crippen molar-refractivity contribution in [2.45, 2.75) is 6.54 Å². The molecule has 0 atom stereocenters. The highest BCUT2D eigenvalue weighted by atomic mass is 19.1. The monoisotopic (exact) mass is 235 g/mol. The number of ether oxygens (including phenoxy) is 1. The van der Waals surface area contributed by atoms with E-state index in [1.54, 1.807) is 0 Å². The normalized spacial score (nSPS) is 10.2. The van der Waals surface area contributed by atoms with Gasteiger partial charge in [-0.15, -0.1) is 0 Å². The fourth-order valence-corrected chi connectivity index (χ4v) is 1.28. The van der Waals surface area contributed by atoms with Crippen LogP contribution in [0.1, 0.15) is 5.56 Å². The van der Waals surface area contributed by atoms with Crippen molar-refractivity contribution >= 4 is 0 Å². The second-order valence-electron chi connectivity index (χ2n) is 3.28. The summed E-state index contributed by atoms with van der Waals surface area (Å²) in [6, 6.07) is 4.19. The Bertz CT molecular complexity index is 583. The van der Waals surface area contributed by atoms with E-state index in [1.807, 2.05) is 0 Å². The molecule has 0 aliphatic rings. The molecule has 2 aromatic rings. The zero-order valence-electron chi connectivity index (χ0n) is 8.81. The molecule has 0 bridgehead atoms. The molecule has 0 radical (unpaired) electrons. The Balaban J connectivity index is 2.28. The van der Waals surface area contributed by atoms with Gasteiger partial charge in [0.25, 0.3) is 5.88 Å². The van der Waals surface area contributed by atoms with Gasteiger partial charge in [0, 0.05) is 30.6 Å². The molecule has 1 aromatic carbocycles. The minimum absolute atomic E-state index is 0.107. The number of halogens is 1. The standard InChI is InChI=1S/C11H10FN3O2/c12-9-5-8(2-1-7(9)6-13)17-11-10(16)14-3-4-15-11/h1-5H,6,13H2,(H,14,16). The third-order valence-corrected chi connectivity index (χ3v) is 2.13. The van der Waals surface area contributed by atoms with Crippen molar-refractivity contribution in [3.8, 4) is 11.6 Å². The first-order chi connectivity index (χ1) is 8.20. The molecule has 0 fully saturated rings. The van der Waals surface area contributed by atoms with Crippen LogP contribution in [0.5, 0.6) is 11.6 Å². The van der Waals surface area contributed by atoms with E-state index >= 15 is 0 Å². The van der Waals surface area contributed by atoms with Crippen LogP contribution in [0.3, 0.4) is 0 Å². The van der Waals surface area contributed by atoms with E-state index in [1.165, 1.54) is 24.5 Å². The lowest BCUT2D eigenvalue weighted by atomic mass is 10.2. The zero-order valence-corrected chi connectivity index (χ0v) is 8.81. The van der Waals surface area contributed by atoms with E-state index in [2.05, 4.69) is 9.97 Å². The molecule has 0 spiro atoms. The van der Waals surface area contributed by atoms with Gasteiger partial charge in [0.1, 0.15) is 11.6 Å². The number of H-pyrrole nitrogens is 1. The Morgan fingerprint density at radius 2 is 2.29 bits per heavy atom. The Hall–Kier alpha value is -2.21. The first-order valence-corrected chi connectivity index (χ1v) is 4.91. The number of nitrogens with zero attached hydrogens (tertiary/aromatic N) is 1. The van der Waals surface area contributed by atoms with Crippen molar-refractivity contribution in [1.82, 2.24) is 9.97 Å². The number of rotatable bonds is 3. The molecule has 1 heterocycles. The van der Waals surface area contributed by atoms with Crippen LogP contribution in [0.15, 0.2) is 35.4 Å². The lowest BCUT2D eigenvalue weighted by Gasteiger charge is -2.05. The van der Waals surface area contributed by atoms with Gasteiger partial charge in [0.2, 0.25) is 0 Å². The van der Waals surface area contributed by atoms with Crippen LogP contribution in [0, 0.1) is 5.82 Å². The van der Waals surface area contributed by atoms with E-state index in [4.69, 9.17) is 10.5 Å². The molecule has 3 N–H and O–H groups in total. The molecule has 2 rings (SSSR count). The molecule has 0 amide bonds. The summed E-state index contributed by atoms with van der Waals surface area (Å²) in [6.45, 7) is 0.107. The summed E-state index contributed by atoms with van der Waals surface area (Å²) < 4.78 is 18.5. The largest absolute Gasteiger partial charge is 0.435 e. The van der Waals surface area contributed by atoms with E-state index in [0.29, 0.717) is 5.56 Å². The van der Waals surface area contributed by atoms with E-state index in [0.717, 1.165) is 6.07 Å². The summed E-state index contributed by atoms with van der Waals surface area (Å²) in [4.78, 5) is 17.4. The summed E-state index contributed by atoms with van der Waals surface area (Å²) >= 11 is 0. The van der Waals surface area contributed by atoms with Gasteiger partial charge in [-0.3, -0.25) is 4.79 Å². The molecule has 5 nitrogen and oxygen atoms in total. The Morgan fingerprint density at radius 3 is 2.94 bits per heavy atom. The average molecular weight is 235 g/mol. The van der Waals surface area contributed by atoms with Gasteiger partial charge in [-0.25, -0.2) is 9.37 Å². The van der Waals surface area contributed by atoms with Crippen molar-refractivity contribution in [2.24, 2.45) is 5.73 Å². The number of hydrogen-bond acceptors (Lipinski definition) is 4. The molecular weight excluding hydrogens is 225 g/mol. The van der Waals surface area contributed by atoms with Crippen LogP contribution in [0.25, 0.3) is 0 Å². The molecule has 0 aliphatic heterocycles. The summed E-state index contributed by atoms with van der Waals surface area (Å²) in [5.41, 5.74) is 5.23. The van der Waals surface area contributed by atoms with E-state index in [-0.39, 0.29) is 18.2 Å². The van der Waals surface area contributed by atoms with Gasteiger partial charge in [-0.2, -0.15) is 0 Å². The molecule has 88 valence electrons. The Kier molecular flexibility index (Phi) is 3.15. The number of aromatic nitrogens is 2. The third kappa shape index (κ3) is 2.48. The van der Waals surface area contributed by atoms with Crippen molar-refractivity contribution in [2.75, 3.05) is 0 Å². The number of nitrogens with two attached hydrogens (primary N) is 1. The summed E-state index contributed by atoms with van der Waals surface area (Å²) in [5, 5.41) is 0. The van der Waals surface area contributed by atoms with Crippen LogP contribution in [-0.2, 0) is 6.54 Å². The van der Waals surface area contributed by atoms with Crippen molar-refractivity contribution in [3.05, 3.63) is 52.3 Å². The number of hydrogen-bond donors (Lipinski definition) is 2. The van der Waals surface area contributed by atoms with Crippen molar-refractivity contribution < 1.29 is 9.13 Å². The SMILES string of the molecule is NCc1ccc(Oc2ncc[nH]c2=O)cc1F. The molecule has 0 saturated carbocycles. The fraction of sp³-hybridized carbons (Fsp3) is 0.0909. The van der Waals surface area contributed by atoms with Gasteiger partial charge in [0.05, 0.1) is 0 Å². The lowest BCUT2D eigenvalue weighted by Crippen LogP contribution is -2.09. The van der Waals surface area contributed by atoms with Crippen molar-refractivity contribution in [3.63, 3.8) is 0 Å². The summed E-state index contributed by atoms with van der Waals surface area (Å²) in [6.07, 6.45) is 2.76. The van der Waals surface area contributed by atoms with E-state index in [9.17, 15) is 9.18 Å². The average Bonchev–Trinajstić information content (AvgIpc) is 2.32. The van der Waals surface area contributed by atoms with Gasteiger partial charge < -0.3 is 15.5 Å². The zero-order chi connectivity index (χ0) is 12.3. The van der Waals surface area contributed by atoms with E-state index < -0.39 is 11.4 Å². The highest BCUT2D eigenvalue weighted by Crippen LogP contribution is 2.19. The van der Waals surface area contributed by atoms with Gasteiger partial charge in [0.15, 0.2) is 0 Å². The third-order valence-electron chi connectivity index (χ3n) is 2.13. The van der Waals surface area contributed by atoms with Crippen LogP contribution in [-0.4, -0.2) is 9.97 Å². The fourth-order valence-electron chi connectivity index (χ4n) is 1.28. The van der Waals surface area contributed by atoms with Gasteiger partial charge >= 0.3 is 5.56 Å². The smallest absolute Gasteiger partial charge is 0.311 e.